The Labute approximate surface area is 94.6 Å². The molecule has 1 aromatic rings. The first-order valence-electron chi connectivity index (χ1n) is 5.60. The van der Waals surface area contributed by atoms with E-state index >= 15 is 0 Å². The minimum Gasteiger partial charge on any atom is -0.376 e. The zero-order chi connectivity index (χ0) is 11.2. The van der Waals surface area contributed by atoms with E-state index in [4.69, 9.17) is 10.5 Å². The Bertz CT molecular complexity index is 327. The predicted molar refractivity (Wildman–Crippen MR) is 59.8 cm³/mol. The number of aryl methyl sites for hydroxylation is 1. The number of nitrogens with one attached hydrogen (secondary N) is 1. The number of hydrogen-bond donors (Lipinski definition) is 2. The summed E-state index contributed by atoms with van der Waals surface area (Å²) in [6.07, 6.45) is 4.64. The van der Waals surface area contributed by atoms with Gasteiger partial charge in [0.2, 0.25) is 5.95 Å². The summed E-state index contributed by atoms with van der Waals surface area (Å²) in [7, 11) is 0. The second kappa shape index (κ2) is 5.72. The summed E-state index contributed by atoms with van der Waals surface area (Å²) in [4.78, 5) is 11.9. The lowest BCUT2D eigenvalue weighted by Gasteiger charge is -2.23. The van der Waals surface area contributed by atoms with Crippen molar-refractivity contribution < 1.29 is 4.74 Å². The fourth-order valence-electron chi connectivity index (χ4n) is 1.76. The minimum atomic E-state index is 0.292. The van der Waals surface area contributed by atoms with Crippen LogP contribution in [0, 0.1) is 0 Å². The summed E-state index contributed by atoms with van der Waals surface area (Å²) < 4.78 is 5.60. The van der Waals surface area contributed by atoms with Gasteiger partial charge in [-0.1, -0.05) is 0 Å². The number of nitrogen functional groups attached to an aromatic ring is 1. The van der Waals surface area contributed by atoms with Crippen LogP contribution in [0.3, 0.4) is 0 Å². The standard InChI is InChI=1S/C10H17N5O/c11-10-14-7-13-9(15-10)3-1-2-8-6-12-4-5-16-8/h7-8,12H,1-6H2,(H2,11,13,14,15). The molecule has 0 amide bonds. The largest absolute Gasteiger partial charge is 0.376 e. The second-order valence-corrected chi connectivity index (χ2v) is 3.85. The van der Waals surface area contributed by atoms with Crippen molar-refractivity contribution in [3.63, 3.8) is 0 Å². The highest BCUT2D eigenvalue weighted by atomic mass is 16.5. The van der Waals surface area contributed by atoms with E-state index in [2.05, 4.69) is 20.3 Å². The fourth-order valence-corrected chi connectivity index (χ4v) is 1.76. The summed E-state index contributed by atoms with van der Waals surface area (Å²) in [5.41, 5.74) is 5.48. The Hall–Kier alpha value is -1.27. The van der Waals surface area contributed by atoms with Crippen LogP contribution in [-0.2, 0) is 11.2 Å². The van der Waals surface area contributed by atoms with Gasteiger partial charge in [-0.15, -0.1) is 0 Å². The molecule has 0 saturated carbocycles. The highest BCUT2D eigenvalue weighted by Gasteiger charge is 2.12. The van der Waals surface area contributed by atoms with Crippen LogP contribution in [0.1, 0.15) is 18.7 Å². The fraction of sp³-hybridized carbons (Fsp3) is 0.700. The molecule has 0 radical (unpaired) electrons. The van der Waals surface area contributed by atoms with E-state index in [1.807, 2.05) is 0 Å². The van der Waals surface area contributed by atoms with Crippen LogP contribution in [0.25, 0.3) is 0 Å². The van der Waals surface area contributed by atoms with Gasteiger partial charge in [0.1, 0.15) is 12.2 Å². The van der Waals surface area contributed by atoms with E-state index < -0.39 is 0 Å². The normalized spacial score (nSPS) is 20.9. The number of hydrogen-bond acceptors (Lipinski definition) is 6. The molecule has 1 fully saturated rings. The smallest absolute Gasteiger partial charge is 0.223 e. The molecule has 3 N–H and O–H groups in total. The van der Waals surface area contributed by atoms with Crippen molar-refractivity contribution >= 4 is 5.95 Å². The van der Waals surface area contributed by atoms with Crippen molar-refractivity contribution in [1.29, 1.82) is 0 Å². The van der Waals surface area contributed by atoms with Crippen molar-refractivity contribution in [2.75, 3.05) is 25.4 Å². The number of morpholine rings is 1. The van der Waals surface area contributed by atoms with Gasteiger partial charge in [-0.05, 0) is 12.8 Å². The molecule has 2 rings (SSSR count). The Morgan fingerprint density at radius 1 is 1.50 bits per heavy atom. The third kappa shape index (κ3) is 3.39. The van der Waals surface area contributed by atoms with E-state index in [1.165, 1.54) is 6.33 Å². The Morgan fingerprint density at radius 2 is 2.44 bits per heavy atom. The summed E-state index contributed by atoms with van der Waals surface area (Å²) in [5.74, 6) is 1.05. The molecule has 2 heterocycles. The Kier molecular flexibility index (Phi) is 4.01. The van der Waals surface area contributed by atoms with Gasteiger partial charge in [0.05, 0.1) is 12.7 Å². The molecule has 1 aliphatic heterocycles. The first kappa shape index (κ1) is 11.2. The van der Waals surface area contributed by atoms with E-state index in [-0.39, 0.29) is 0 Å². The van der Waals surface area contributed by atoms with Gasteiger partial charge < -0.3 is 15.8 Å². The molecule has 1 atom stereocenters. The molecule has 6 nitrogen and oxygen atoms in total. The van der Waals surface area contributed by atoms with Crippen LogP contribution in [0.5, 0.6) is 0 Å². The molecule has 1 aliphatic rings. The second-order valence-electron chi connectivity index (χ2n) is 3.85. The quantitative estimate of drug-likeness (QED) is 0.733. The van der Waals surface area contributed by atoms with Crippen LogP contribution in [0.15, 0.2) is 6.33 Å². The summed E-state index contributed by atoms with van der Waals surface area (Å²) >= 11 is 0. The predicted octanol–water partition coefficient (Wildman–Crippen LogP) is -0.235. The maximum atomic E-state index is 5.60. The molecule has 0 bridgehead atoms. The van der Waals surface area contributed by atoms with Crippen LogP contribution in [0.2, 0.25) is 0 Å². The number of ether oxygens (including phenoxy) is 1. The zero-order valence-electron chi connectivity index (χ0n) is 9.22. The van der Waals surface area contributed by atoms with Gasteiger partial charge in [-0.2, -0.15) is 4.98 Å². The molecular weight excluding hydrogens is 206 g/mol. The molecule has 0 aromatic carbocycles. The number of aromatic nitrogens is 3. The van der Waals surface area contributed by atoms with Gasteiger partial charge in [0, 0.05) is 19.5 Å². The average molecular weight is 223 g/mol. The van der Waals surface area contributed by atoms with Gasteiger partial charge in [-0.3, -0.25) is 0 Å². The van der Waals surface area contributed by atoms with Crippen molar-refractivity contribution in [2.45, 2.75) is 25.4 Å². The number of rotatable bonds is 4. The lowest BCUT2D eigenvalue weighted by Crippen LogP contribution is -2.38. The molecule has 1 unspecified atom stereocenters. The first-order chi connectivity index (χ1) is 7.84. The lowest BCUT2D eigenvalue weighted by molar-refractivity contribution is 0.0224. The van der Waals surface area contributed by atoms with Crippen LogP contribution in [-0.4, -0.2) is 40.8 Å². The molecule has 6 heteroatoms. The average Bonchev–Trinajstić information content (AvgIpc) is 2.30. The Morgan fingerprint density at radius 3 is 3.19 bits per heavy atom. The monoisotopic (exact) mass is 223 g/mol. The minimum absolute atomic E-state index is 0.292. The number of nitrogens with two attached hydrogens (primary N) is 1. The highest BCUT2D eigenvalue weighted by molar-refractivity contribution is 5.12. The number of anilines is 1. The molecule has 0 spiro atoms. The lowest BCUT2D eigenvalue weighted by atomic mass is 10.1. The van der Waals surface area contributed by atoms with Crippen molar-refractivity contribution in [3.05, 3.63) is 12.2 Å². The van der Waals surface area contributed by atoms with Crippen molar-refractivity contribution in [2.24, 2.45) is 0 Å². The Balaban J connectivity index is 1.71. The topological polar surface area (TPSA) is 86.0 Å². The van der Waals surface area contributed by atoms with Crippen molar-refractivity contribution in [3.8, 4) is 0 Å². The van der Waals surface area contributed by atoms with E-state index in [9.17, 15) is 0 Å². The summed E-state index contributed by atoms with van der Waals surface area (Å²) in [6.45, 7) is 2.71. The van der Waals surface area contributed by atoms with Gasteiger partial charge in [0.15, 0.2) is 0 Å². The molecule has 16 heavy (non-hydrogen) atoms. The van der Waals surface area contributed by atoms with Crippen LogP contribution in [0.4, 0.5) is 5.95 Å². The molecule has 88 valence electrons. The summed E-state index contributed by atoms with van der Waals surface area (Å²) in [6, 6.07) is 0. The molecular formula is C10H17N5O. The highest BCUT2D eigenvalue weighted by Crippen LogP contribution is 2.07. The van der Waals surface area contributed by atoms with Crippen LogP contribution < -0.4 is 11.1 Å². The third-order valence-electron chi connectivity index (χ3n) is 2.57. The van der Waals surface area contributed by atoms with Crippen LogP contribution >= 0.6 is 0 Å². The van der Waals surface area contributed by atoms with E-state index in [0.717, 1.165) is 44.8 Å². The maximum Gasteiger partial charge on any atom is 0.223 e. The number of nitrogens with zero attached hydrogens (tertiary/aromatic N) is 3. The first-order valence-corrected chi connectivity index (χ1v) is 5.60. The maximum absolute atomic E-state index is 5.60. The summed E-state index contributed by atoms with van der Waals surface area (Å²) in [5, 5.41) is 3.31. The van der Waals surface area contributed by atoms with E-state index in [1.54, 1.807) is 0 Å². The molecule has 1 aromatic heterocycles. The van der Waals surface area contributed by atoms with Gasteiger partial charge >= 0.3 is 0 Å². The molecule has 0 aliphatic carbocycles. The van der Waals surface area contributed by atoms with Crippen molar-refractivity contribution in [1.82, 2.24) is 20.3 Å². The molecule has 1 saturated heterocycles. The van der Waals surface area contributed by atoms with E-state index in [0.29, 0.717) is 12.1 Å². The third-order valence-corrected chi connectivity index (χ3v) is 2.57. The zero-order valence-corrected chi connectivity index (χ0v) is 9.22. The van der Waals surface area contributed by atoms with Gasteiger partial charge in [0.25, 0.3) is 0 Å². The van der Waals surface area contributed by atoms with Gasteiger partial charge in [-0.25, -0.2) is 9.97 Å². The SMILES string of the molecule is Nc1ncnc(CCCC2CNCCO2)n1.